The Morgan fingerprint density at radius 3 is 2.89 bits per heavy atom. The van der Waals surface area contributed by atoms with Gasteiger partial charge in [-0.25, -0.2) is 4.98 Å². The summed E-state index contributed by atoms with van der Waals surface area (Å²) in [7, 11) is 1.89. The van der Waals surface area contributed by atoms with E-state index in [2.05, 4.69) is 16.1 Å². The maximum absolute atomic E-state index is 9.45. The third-order valence-electron chi connectivity index (χ3n) is 2.91. The smallest absolute Gasteiger partial charge is 0.157 e. The Morgan fingerprint density at radius 1 is 1.37 bits per heavy atom. The number of aromatic nitrogens is 3. The van der Waals surface area contributed by atoms with E-state index in [1.54, 1.807) is 27.8 Å². The Morgan fingerprint density at radius 2 is 2.16 bits per heavy atom. The van der Waals surface area contributed by atoms with Gasteiger partial charge in [-0.05, 0) is 30.8 Å². The summed E-state index contributed by atoms with van der Waals surface area (Å²) in [4.78, 5) is 4.59. The summed E-state index contributed by atoms with van der Waals surface area (Å²) in [5.41, 5.74) is 2.76. The van der Waals surface area contributed by atoms with E-state index in [1.165, 1.54) is 4.70 Å². The van der Waals surface area contributed by atoms with Crippen molar-refractivity contribution >= 4 is 33.3 Å². The molecule has 0 unspecified atom stereocenters. The summed E-state index contributed by atoms with van der Waals surface area (Å²) in [5.74, 6) is 0. The van der Waals surface area contributed by atoms with Crippen LogP contribution in [0.5, 0.6) is 0 Å². The normalized spacial score (nSPS) is 11.3. The summed E-state index contributed by atoms with van der Waals surface area (Å²) >= 11 is 3.22. The SMILES string of the molecule is Cc1nn(C)c(Sc2nc3ccccc3s2)c1CO. The van der Waals surface area contributed by atoms with Crippen molar-refractivity contribution < 1.29 is 5.11 Å². The molecule has 0 bridgehead atoms. The number of aliphatic hydroxyl groups is 1. The second kappa shape index (κ2) is 4.96. The summed E-state index contributed by atoms with van der Waals surface area (Å²) in [6.45, 7) is 1.92. The molecule has 0 saturated heterocycles. The van der Waals surface area contributed by atoms with E-state index in [1.807, 2.05) is 32.2 Å². The molecule has 2 aromatic heterocycles. The van der Waals surface area contributed by atoms with Gasteiger partial charge >= 0.3 is 0 Å². The van der Waals surface area contributed by atoms with Crippen molar-refractivity contribution in [3.05, 3.63) is 35.5 Å². The van der Waals surface area contributed by atoms with Gasteiger partial charge in [-0.3, -0.25) is 4.68 Å². The number of hydrogen-bond donors (Lipinski definition) is 1. The van der Waals surface area contributed by atoms with Gasteiger partial charge in [0.2, 0.25) is 0 Å². The molecule has 98 valence electrons. The number of benzene rings is 1. The maximum atomic E-state index is 9.45. The average Bonchev–Trinajstić information content (AvgIpc) is 2.91. The number of aliphatic hydroxyl groups excluding tert-OH is 1. The fraction of sp³-hybridized carbons (Fsp3) is 0.231. The molecule has 1 aromatic carbocycles. The van der Waals surface area contributed by atoms with Gasteiger partial charge in [-0.2, -0.15) is 5.10 Å². The third kappa shape index (κ3) is 2.27. The van der Waals surface area contributed by atoms with Crippen LogP contribution < -0.4 is 0 Å². The number of para-hydroxylation sites is 1. The molecule has 3 rings (SSSR count). The fourth-order valence-electron chi connectivity index (χ4n) is 1.97. The number of thiazole rings is 1. The number of fused-ring (bicyclic) bond motifs is 1. The van der Waals surface area contributed by atoms with Crippen LogP contribution in [0.2, 0.25) is 0 Å². The van der Waals surface area contributed by atoms with E-state index in [9.17, 15) is 5.11 Å². The predicted molar refractivity (Wildman–Crippen MR) is 77.6 cm³/mol. The molecule has 0 spiro atoms. The molecular formula is C13H13N3OS2. The Labute approximate surface area is 119 Å². The standard InChI is InChI=1S/C13H13N3OS2/c1-8-9(7-17)12(16(2)15-8)19-13-14-10-5-3-4-6-11(10)18-13/h3-6,17H,7H2,1-2H3. The van der Waals surface area contributed by atoms with E-state index in [0.29, 0.717) is 0 Å². The van der Waals surface area contributed by atoms with Crippen LogP contribution in [0.3, 0.4) is 0 Å². The van der Waals surface area contributed by atoms with Crippen LogP contribution in [0.1, 0.15) is 11.3 Å². The first-order chi connectivity index (χ1) is 9.19. The third-order valence-corrected chi connectivity index (χ3v) is 5.21. The lowest BCUT2D eigenvalue weighted by Gasteiger charge is -2.01. The lowest BCUT2D eigenvalue weighted by molar-refractivity contribution is 0.277. The predicted octanol–water partition coefficient (Wildman–Crippen LogP) is 2.98. The zero-order valence-electron chi connectivity index (χ0n) is 10.6. The largest absolute Gasteiger partial charge is 0.392 e. The topological polar surface area (TPSA) is 50.9 Å². The summed E-state index contributed by atoms with van der Waals surface area (Å²) in [6, 6.07) is 8.09. The van der Waals surface area contributed by atoms with E-state index in [4.69, 9.17) is 0 Å². The highest BCUT2D eigenvalue weighted by atomic mass is 32.2. The van der Waals surface area contributed by atoms with Gasteiger partial charge in [0.05, 0.1) is 22.5 Å². The number of rotatable bonds is 3. The van der Waals surface area contributed by atoms with E-state index in [-0.39, 0.29) is 6.61 Å². The second-order valence-electron chi connectivity index (χ2n) is 4.20. The Hall–Kier alpha value is -1.37. The van der Waals surface area contributed by atoms with Gasteiger partial charge in [0.15, 0.2) is 4.34 Å². The zero-order chi connectivity index (χ0) is 13.4. The van der Waals surface area contributed by atoms with Crippen LogP contribution in [-0.4, -0.2) is 19.9 Å². The first kappa shape index (κ1) is 12.7. The van der Waals surface area contributed by atoms with Gasteiger partial charge in [-0.15, -0.1) is 11.3 Å². The molecule has 0 aliphatic carbocycles. The zero-order valence-corrected chi connectivity index (χ0v) is 12.3. The van der Waals surface area contributed by atoms with Crippen molar-refractivity contribution in [2.75, 3.05) is 0 Å². The molecule has 2 heterocycles. The van der Waals surface area contributed by atoms with Crippen molar-refractivity contribution in [2.24, 2.45) is 7.05 Å². The lowest BCUT2D eigenvalue weighted by atomic mass is 10.3. The minimum Gasteiger partial charge on any atom is -0.392 e. The van der Waals surface area contributed by atoms with Crippen molar-refractivity contribution in [1.82, 2.24) is 14.8 Å². The molecular weight excluding hydrogens is 278 g/mol. The van der Waals surface area contributed by atoms with Crippen LogP contribution in [0, 0.1) is 6.92 Å². The second-order valence-corrected chi connectivity index (χ2v) is 6.47. The molecule has 19 heavy (non-hydrogen) atoms. The lowest BCUT2D eigenvalue weighted by Crippen LogP contribution is -1.93. The summed E-state index contributed by atoms with van der Waals surface area (Å²) in [6.07, 6.45) is 0. The highest BCUT2D eigenvalue weighted by molar-refractivity contribution is 8.01. The fourth-order valence-corrected chi connectivity index (χ4v) is 4.16. The Kier molecular flexibility index (Phi) is 3.30. The van der Waals surface area contributed by atoms with E-state index >= 15 is 0 Å². The molecule has 0 aliphatic rings. The van der Waals surface area contributed by atoms with Gasteiger partial charge in [0.1, 0.15) is 5.03 Å². The van der Waals surface area contributed by atoms with E-state index in [0.717, 1.165) is 26.1 Å². The molecule has 0 fully saturated rings. The molecule has 3 aromatic rings. The van der Waals surface area contributed by atoms with E-state index < -0.39 is 0 Å². The Balaban J connectivity index is 2.01. The van der Waals surface area contributed by atoms with Crippen molar-refractivity contribution in [2.45, 2.75) is 22.9 Å². The first-order valence-corrected chi connectivity index (χ1v) is 7.49. The van der Waals surface area contributed by atoms with Crippen LogP contribution in [0.4, 0.5) is 0 Å². The molecule has 0 amide bonds. The summed E-state index contributed by atoms with van der Waals surface area (Å²) < 4.78 is 3.95. The van der Waals surface area contributed by atoms with Crippen molar-refractivity contribution in [3.63, 3.8) is 0 Å². The van der Waals surface area contributed by atoms with Crippen molar-refractivity contribution in [3.8, 4) is 0 Å². The number of hydrogen-bond acceptors (Lipinski definition) is 5. The van der Waals surface area contributed by atoms with Crippen LogP contribution >= 0.6 is 23.1 Å². The molecule has 0 atom stereocenters. The highest BCUT2D eigenvalue weighted by Gasteiger charge is 2.15. The van der Waals surface area contributed by atoms with Gasteiger partial charge < -0.3 is 5.11 Å². The van der Waals surface area contributed by atoms with Gasteiger partial charge in [0, 0.05) is 12.6 Å². The Bertz CT molecular complexity index is 700. The molecule has 0 aliphatic heterocycles. The summed E-state index contributed by atoms with van der Waals surface area (Å²) in [5, 5.41) is 14.7. The maximum Gasteiger partial charge on any atom is 0.157 e. The molecule has 1 N–H and O–H groups in total. The molecule has 0 saturated carbocycles. The quantitative estimate of drug-likeness (QED) is 0.806. The van der Waals surface area contributed by atoms with Crippen LogP contribution in [-0.2, 0) is 13.7 Å². The monoisotopic (exact) mass is 291 g/mol. The first-order valence-electron chi connectivity index (χ1n) is 5.86. The average molecular weight is 291 g/mol. The van der Waals surface area contributed by atoms with Crippen LogP contribution in [0.25, 0.3) is 10.2 Å². The van der Waals surface area contributed by atoms with Gasteiger partial charge in [-0.1, -0.05) is 12.1 Å². The molecule has 6 heteroatoms. The highest BCUT2D eigenvalue weighted by Crippen LogP contribution is 2.36. The molecule has 0 radical (unpaired) electrons. The minimum atomic E-state index is 0.00685. The number of aryl methyl sites for hydroxylation is 2. The van der Waals surface area contributed by atoms with Gasteiger partial charge in [0.25, 0.3) is 0 Å². The van der Waals surface area contributed by atoms with Crippen LogP contribution in [0.15, 0.2) is 33.6 Å². The molecule has 4 nitrogen and oxygen atoms in total. The minimum absolute atomic E-state index is 0.00685. The van der Waals surface area contributed by atoms with Crippen molar-refractivity contribution in [1.29, 1.82) is 0 Å². The number of nitrogens with zero attached hydrogens (tertiary/aromatic N) is 3.